The zero-order valence-corrected chi connectivity index (χ0v) is 15.7. The van der Waals surface area contributed by atoms with Crippen LogP contribution >= 0.6 is 0 Å². The molecule has 2 aromatic rings. The van der Waals surface area contributed by atoms with Gasteiger partial charge in [-0.1, -0.05) is 0 Å². The Balaban J connectivity index is 1.48. The van der Waals surface area contributed by atoms with E-state index in [0.717, 1.165) is 29.9 Å². The molecule has 1 aliphatic heterocycles. The van der Waals surface area contributed by atoms with Crippen LogP contribution in [0.15, 0.2) is 24.4 Å². The summed E-state index contributed by atoms with van der Waals surface area (Å²) in [5.74, 6) is 0.554. The quantitative estimate of drug-likeness (QED) is 0.601. The molecule has 2 heterocycles. The maximum atomic E-state index is 10.1. The second-order valence-corrected chi connectivity index (χ2v) is 7.78. The molecule has 1 aromatic heterocycles. The van der Waals surface area contributed by atoms with Crippen LogP contribution in [-0.4, -0.2) is 75.5 Å². The minimum atomic E-state index is -1.32. The van der Waals surface area contributed by atoms with Crippen molar-refractivity contribution >= 4 is 10.9 Å². The summed E-state index contributed by atoms with van der Waals surface area (Å²) < 4.78 is 11.3. The number of rotatable bonds is 6. The van der Waals surface area contributed by atoms with Gasteiger partial charge in [-0.25, -0.2) is 0 Å². The van der Waals surface area contributed by atoms with Crippen molar-refractivity contribution < 1.29 is 24.8 Å². The highest BCUT2D eigenvalue weighted by molar-refractivity contribution is 5.84. The third-order valence-corrected chi connectivity index (χ3v) is 5.70. The largest absolute Gasteiger partial charge is 0.462 e. The number of hydrogen-bond acceptors (Lipinski definition) is 6. The van der Waals surface area contributed by atoms with E-state index in [-0.39, 0.29) is 0 Å². The Morgan fingerprint density at radius 3 is 2.70 bits per heavy atom. The molecule has 5 unspecified atom stereocenters. The van der Waals surface area contributed by atoms with Crippen LogP contribution in [-0.2, 0) is 11.2 Å². The van der Waals surface area contributed by atoms with Crippen molar-refractivity contribution in [1.82, 2.24) is 9.88 Å². The second kappa shape index (κ2) is 7.41. The summed E-state index contributed by atoms with van der Waals surface area (Å²) in [5, 5.41) is 31.0. The number of aliphatic hydroxyl groups excluding tert-OH is 3. The van der Waals surface area contributed by atoms with Crippen LogP contribution in [0.25, 0.3) is 10.9 Å². The lowest BCUT2D eigenvalue weighted by atomic mass is 10.00. The number of nitrogens with one attached hydrogen (secondary N) is 1. The molecular weight excluding hydrogens is 348 g/mol. The Hall–Kier alpha value is -1.64. The second-order valence-electron chi connectivity index (χ2n) is 7.78. The first-order valence-electron chi connectivity index (χ1n) is 9.60. The molecule has 2 fully saturated rings. The Labute approximate surface area is 158 Å². The molecule has 1 saturated heterocycles. The van der Waals surface area contributed by atoms with Gasteiger partial charge in [-0.05, 0) is 57.0 Å². The van der Waals surface area contributed by atoms with Gasteiger partial charge in [-0.3, -0.25) is 0 Å². The molecule has 7 heteroatoms. The number of ether oxygens (including phenoxy) is 2. The van der Waals surface area contributed by atoms with Crippen molar-refractivity contribution in [2.75, 3.05) is 13.6 Å². The summed E-state index contributed by atoms with van der Waals surface area (Å²) in [5.41, 5.74) is 2.25. The van der Waals surface area contributed by atoms with Gasteiger partial charge in [-0.2, -0.15) is 0 Å². The number of likely N-dealkylation sites (N-methyl/N-ethyl adjacent to an activating group) is 1. The van der Waals surface area contributed by atoms with E-state index in [1.165, 1.54) is 18.4 Å². The van der Waals surface area contributed by atoms with Gasteiger partial charge in [0.25, 0.3) is 0 Å². The number of benzene rings is 1. The van der Waals surface area contributed by atoms with Crippen molar-refractivity contribution in [2.45, 2.75) is 62.9 Å². The molecule has 7 nitrogen and oxygen atoms in total. The van der Waals surface area contributed by atoms with E-state index in [9.17, 15) is 15.3 Å². The van der Waals surface area contributed by atoms with E-state index in [2.05, 4.69) is 16.9 Å². The van der Waals surface area contributed by atoms with Crippen LogP contribution in [0.5, 0.6) is 5.75 Å². The Morgan fingerprint density at radius 2 is 1.96 bits per heavy atom. The van der Waals surface area contributed by atoms with E-state index in [0.29, 0.717) is 5.75 Å². The summed E-state index contributed by atoms with van der Waals surface area (Å²) >= 11 is 0. The highest BCUT2D eigenvalue weighted by Gasteiger charge is 2.43. The van der Waals surface area contributed by atoms with Gasteiger partial charge in [0.05, 0.1) is 6.10 Å². The summed E-state index contributed by atoms with van der Waals surface area (Å²) in [4.78, 5) is 5.69. The van der Waals surface area contributed by atoms with E-state index < -0.39 is 30.7 Å². The monoisotopic (exact) mass is 376 g/mol. The van der Waals surface area contributed by atoms with Gasteiger partial charge in [0.1, 0.15) is 24.1 Å². The van der Waals surface area contributed by atoms with E-state index in [1.807, 2.05) is 18.3 Å². The maximum Gasteiger partial charge on any atom is 0.229 e. The zero-order chi connectivity index (χ0) is 19.1. The average molecular weight is 376 g/mol. The number of nitrogens with zero attached hydrogens (tertiary/aromatic N) is 1. The molecule has 1 aromatic carbocycles. The summed E-state index contributed by atoms with van der Waals surface area (Å²) in [6.07, 6.45) is 0.160. The van der Waals surface area contributed by atoms with E-state index in [4.69, 9.17) is 9.47 Å². The van der Waals surface area contributed by atoms with Gasteiger partial charge in [0.2, 0.25) is 6.29 Å². The fourth-order valence-electron chi connectivity index (χ4n) is 3.68. The molecule has 27 heavy (non-hydrogen) atoms. The Kier molecular flexibility index (Phi) is 5.13. The number of hydrogen-bond donors (Lipinski definition) is 4. The Bertz CT molecular complexity index is 790. The molecule has 1 saturated carbocycles. The van der Waals surface area contributed by atoms with Crippen molar-refractivity contribution in [2.24, 2.45) is 0 Å². The predicted molar refractivity (Wildman–Crippen MR) is 101 cm³/mol. The van der Waals surface area contributed by atoms with Gasteiger partial charge < -0.3 is 34.7 Å². The van der Waals surface area contributed by atoms with Crippen molar-refractivity contribution in [3.8, 4) is 5.75 Å². The average Bonchev–Trinajstić information content (AvgIpc) is 3.44. The lowest BCUT2D eigenvalue weighted by molar-refractivity contribution is -0.268. The smallest absolute Gasteiger partial charge is 0.229 e. The van der Waals surface area contributed by atoms with Crippen LogP contribution in [0, 0.1) is 0 Å². The molecule has 148 valence electrons. The van der Waals surface area contributed by atoms with Crippen LogP contribution < -0.4 is 4.74 Å². The number of H-pyrrole nitrogens is 1. The zero-order valence-electron chi connectivity index (χ0n) is 15.7. The maximum absolute atomic E-state index is 10.1. The first-order valence-corrected chi connectivity index (χ1v) is 9.60. The van der Waals surface area contributed by atoms with Crippen LogP contribution in [0.2, 0.25) is 0 Å². The molecule has 5 atom stereocenters. The number of aliphatic hydroxyl groups is 3. The summed E-state index contributed by atoms with van der Waals surface area (Å²) in [6.45, 7) is 2.65. The third-order valence-electron chi connectivity index (χ3n) is 5.70. The molecule has 0 spiro atoms. The fourth-order valence-corrected chi connectivity index (χ4v) is 3.68. The summed E-state index contributed by atoms with van der Waals surface area (Å²) in [6, 6.07) is 6.40. The normalized spacial score (nSPS) is 31.6. The molecule has 2 aliphatic rings. The van der Waals surface area contributed by atoms with Gasteiger partial charge in [-0.15, -0.1) is 0 Å². The first-order chi connectivity index (χ1) is 12.9. The molecule has 4 N–H and O–H groups in total. The topological polar surface area (TPSA) is 98.2 Å². The highest BCUT2D eigenvalue weighted by Crippen LogP contribution is 2.29. The van der Waals surface area contributed by atoms with Crippen LogP contribution in [0.3, 0.4) is 0 Å². The van der Waals surface area contributed by atoms with Crippen molar-refractivity contribution in [3.05, 3.63) is 30.0 Å². The first kappa shape index (κ1) is 18.7. The van der Waals surface area contributed by atoms with Crippen LogP contribution in [0.1, 0.15) is 25.3 Å². The molecule has 0 amide bonds. The van der Waals surface area contributed by atoms with E-state index in [1.54, 1.807) is 13.0 Å². The van der Waals surface area contributed by atoms with E-state index >= 15 is 0 Å². The molecule has 0 radical (unpaired) electrons. The Morgan fingerprint density at radius 1 is 1.19 bits per heavy atom. The minimum Gasteiger partial charge on any atom is -0.462 e. The van der Waals surface area contributed by atoms with Gasteiger partial charge in [0.15, 0.2) is 0 Å². The number of aromatic amines is 1. The molecule has 4 rings (SSSR count). The predicted octanol–water partition coefficient (Wildman–Crippen LogP) is 1.01. The molecule has 0 bridgehead atoms. The van der Waals surface area contributed by atoms with Crippen molar-refractivity contribution in [1.29, 1.82) is 0 Å². The number of aromatic nitrogens is 1. The third kappa shape index (κ3) is 3.83. The molecule has 1 aliphatic carbocycles. The number of fused-ring (bicyclic) bond motifs is 1. The standard InChI is InChI=1S/C20H28N2O5/c1-11-17(23)18(24)19(25)20(26-11)27-14-5-6-16-15(9-14)12(10-21-16)7-8-22(2)13-3-4-13/h5-6,9-11,13,17-21,23-25H,3-4,7-8H2,1-2H3. The molecular formula is C20H28N2O5. The summed E-state index contributed by atoms with van der Waals surface area (Å²) in [7, 11) is 2.17. The fraction of sp³-hybridized carbons (Fsp3) is 0.600. The van der Waals surface area contributed by atoms with Gasteiger partial charge >= 0.3 is 0 Å². The minimum absolute atomic E-state index is 0.554. The van der Waals surface area contributed by atoms with Crippen molar-refractivity contribution in [3.63, 3.8) is 0 Å². The lowest BCUT2D eigenvalue weighted by Gasteiger charge is -2.38. The van der Waals surface area contributed by atoms with Gasteiger partial charge in [0, 0.05) is 29.7 Å². The SMILES string of the molecule is CC1OC(Oc2ccc3[nH]cc(CCN(C)C4CC4)c3c2)C(O)C(O)C1O. The lowest BCUT2D eigenvalue weighted by Crippen LogP contribution is -2.58. The van der Waals surface area contributed by atoms with Crippen LogP contribution in [0.4, 0.5) is 0 Å². The highest BCUT2D eigenvalue weighted by atomic mass is 16.7.